The third-order valence-corrected chi connectivity index (χ3v) is 3.02. The summed E-state index contributed by atoms with van der Waals surface area (Å²) in [5, 5.41) is 18.5. The number of aryl methyl sites for hydroxylation is 1. The lowest BCUT2D eigenvalue weighted by Gasteiger charge is -2.28. The summed E-state index contributed by atoms with van der Waals surface area (Å²) >= 11 is 0. The number of carbonyl (C=O) groups is 1. The quantitative estimate of drug-likeness (QED) is 0.819. The van der Waals surface area contributed by atoms with E-state index in [9.17, 15) is 9.90 Å². The Kier molecular flexibility index (Phi) is 3.70. The largest absolute Gasteiger partial charge is 0.479 e. The standard InChI is InChI=1S/C13H18O3/c1-4-9-5-7-10(8-6-9)13(2,3)11(14)12(15)16/h5-8,11,14H,4H2,1-3H3,(H,15,16). The van der Waals surface area contributed by atoms with Crippen LogP contribution in [0.1, 0.15) is 31.9 Å². The van der Waals surface area contributed by atoms with Crippen LogP contribution in [0.3, 0.4) is 0 Å². The summed E-state index contributed by atoms with van der Waals surface area (Å²) in [6.45, 7) is 5.52. The summed E-state index contributed by atoms with van der Waals surface area (Å²) in [5.41, 5.74) is 1.25. The van der Waals surface area contributed by atoms with Gasteiger partial charge in [-0.15, -0.1) is 0 Å². The lowest BCUT2D eigenvalue weighted by atomic mass is 9.79. The van der Waals surface area contributed by atoms with E-state index in [-0.39, 0.29) is 0 Å². The average molecular weight is 222 g/mol. The summed E-state index contributed by atoms with van der Waals surface area (Å²) in [6, 6.07) is 7.69. The van der Waals surface area contributed by atoms with Gasteiger partial charge >= 0.3 is 5.97 Å². The predicted octanol–water partition coefficient (Wildman–Crippen LogP) is 1.97. The Morgan fingerprint density at radius 2 is 1.81 bits per heavy atom. The number of aliphatic hydroxyl groups is 1. The van der Waals surface area contributed by atoms with E-state index in [1.807, 2.05) is 24.3 Å². The minimum absolute atomic E-state index is 0.780. The second-order valence-corrected chi connectivity index (χ2v) is 4.51. The van der Waals surface area contributed by atoms with Crippen molar-refractivity contribution in [3.63, 3.8) is 0 Å². The summed E-state index contributed by atoms with van der Waals surface area (Å²) in [7, 11) is 0. The van der Waals surface area contributed by atoms with E-state index in [0.717, 1.165) is 12.0 Å². The van der Waals surface area contributed by atoms with Gasteiger partial charge in [-0.25, -0.2) is 4.79 Å². The van der Waals surface area contributed by atoms with Gasteiger partial charge in [-0.3, -0.25) is 0 Å². The number of aliphatic hydroxyl groups excluding tert-OH is 1. The van der Waals surface area contributed by atoms with Gasteiger partial charge in [0.25, 0.3) is 0 Å². The molecule has 0 amide bonds. The van der Waals surface area contributed by atoms with Crippen molar-refractivity contribution in [2.75, 3.05) is 0 Å². The van der Waals surface area contributed by atoms with E-state index >= 15 is 0 Å². The average Bonchev–Trinajstić information content (AvgIpc) is 2.28. The van der Waals surface area contributed by atoms with Crippen LogP contribution in [0, 0.1) is 0 Å². The van der Waals surface area contributed by atoms with Crippen molar-refractivity contribution in [3.8, 4) is 0 Å². The molecule has 0 aliphatic rings. The van der Waals surface area contributed by atoms with Gasteiger partial charge in [0.1, 0.15) is 0 Å². The smallest absolute Gasteiger partial charge is 0.333 e. The Balaban J connectivity index is 3.02. The molecule has 1 unspecified atom stereocenters. The summed E-state index contributed by atoms with van der Waals surface area (Å²) in [4.78, 5) is 10.8. The van der Waals surface area contributed by atoms with Gasteiger partial charge in [-0.2, -0.15) is 0 Å². The Labute approximate surface area is 95.7 Å². The number of carboxylic acid groups (broad SMARTS) is 1. The molecular weight excluding hydrogens is 204 g/mol. The number of hydrogen-bond acceptors (Lipinski definition) is 2. The SMILES string of the molecule is CCc1ccc(C(C)(C)C(O)C(=O)O)cc1. The number of aliphatic carboxylic acids is 1. The zero-order chi connectivity index (χ0) is 12.3. The Morgan fingerprint density at radius 3 is 2.19 bits per heavy atom. The minimum atomic E-state index is -1.39. The fourth-order valence-corrected chi connectivity index (χ4v) is 1.64. The molecule has 0 radical (unpaired) electrons. The zero-order valence-electron chi connectivity index (χ0n) is 9.90. The first-order valence-corrected chi connectivity index (χ1v) is 5.40. The Morgan fingerprint density at radius 1 is 1.31 bits per heavy atom. The van der Waals surface area contributed by atoms with Crippen molar-refractivity contribution < 1.29 is 15.0 Å². The molecule has 0 saturated heterocycles. The van der Waals surface area contributed by atoms with Crippen molar-refractivity contribution >= 4 is 5.97 Å². The first-order valence-electron chi connectivity index (χ1n) is 5.40. The van der Waals surface area contributed by atoms with Crippen molar-refractivity contribution in [3.05, 3.63) is 35.4 Å². The van der Waals surface area contributed by atoms with Crippen molar-refractivity contribution in [1.29, 1.82) is 0 Å². The van der Waals surface area contributed by atoms with E-state index < -0.39 is 17.5 Å². The number of hydrogen-bond donors (Lipinski definition) is 2. The first-order chi connectivity index (χ1) is 7.39. The molecule has 16 heavy (non-hydrogen) atoms. The third kappa shape index (κ3) is 2.42. The number of benzene rings is 1. The molecule has 0 saturated carbocycles. The maximum atomic E-state index is 10.8. The van der Waals surface area contributed by atoms with Crippen molar-refractivity contribution in [2.24, 2.45) is 0 Å². The Bertz CT molecular complexity index is 365. The molecule has 88 valence electrons. The summed E-state index contributed by atoms with van der Waals surface area (Å²) in [5.74, 6) is -1.19. The van der Waals surface area contributed by atoms with Gasteiger partial charge in [-0.1, -0.05) is 45.0 Å². The normalized spacial score (nSPS) is 13.5. The highest BCUT2D eigenvalue weighted by molar-refractivity contribution is 5.74. The second kappa shape index (κ2) is 4.66. The van der Waals surface area contributed by atoms with Crippen molar-refractivity contribution in [1.82, 2.24) is 0 Å². The third-order valence-electron chi connectivity index (χ3n) is 3.02. The van der Waals surface area contributed by atoms with Crippen LogP contribution in [0.25, 0.3) is 0 Å². The van der Waals surface area contributed by atoms with Gasteiger partial charge < -0.3 is 10.2 Å². The molecule has 0 heterocycles. The number of carboxylic acids is 1. The predicted molar refractivity (Wildman–Crippen MR) is 62.5 cm³/mol. The molecule has 1 aromatic carbocycles. The lowest BCUT2D eigenvalue weighted by molar-refractivity contribution is -0.150. The van der Waals surface area contributed by atoms with Gasteiger partial charge in [0.2, 0.25) is 0 Å². The molecule has 0 fully saturated rings. The fraction of sp³-hybridized carbons (Fsp3) is 0.462. The topological polar surface area (TPSA) is 57.5 Å². The molecule has 2 N–H and O–H groups in total. The fourth-order valence-electron chi connectivity index (χ4n) is 1.64. The van der Waals surface area contributed by atoms with E-state index in [4.69, 9.17) is 5.11 Å². The molecule has 3 nitrogen and oxygen atoms in total. The Hall–Kier alpha value is -1.35. The first kappa shape index (κ1) is 12.7. The van der Waals surface area contributed by atoms with Crippen LogP contribution in [0.4, 0.5) is 0 Å². The molecular formula is C13H18O3. The molecule has 1 atom stereocenters. The van der Waals surface area contributed by atoms with Crippen LogP contribution in [0.5, 0.6) is 0 Å². The monoisotopic (exact) mass is 222 g/mol. The maximum Gasteiger partial charge on any atom is 0.333 e. The van der Waals surface area contributed by atoms with Gasteiger partial charge in [-0.05, 0) is 17.5 Å². The second-order valence-electron chi connectivity index (χ2n) is 4.51. The maximum absolute atomic E-state index is 10.8. The summed E-state index contributed by atoms with van der Waals surface area (Å²) < 4.78 is 0. The van der Waals surface area contributed by atoms with E-state index in [1.165, 1.54) is 5.56 Å². The molecule has 1 aromatic rings. The van der Waals surface area contributed by atoms with E-state index in [0.29, 0.717) is 0 Å². The van der Waals surface area contributed by atoms with Crippen LogP contribution in [-0.2, 0) is 16.6 Å². The minimum Gasteiger partial charge on any atom is -0.479 e. The van der Waals surface area contributed by atoms with Gasteiger partial charge in [0, 0.05) is 5.41 Å². The van der Waals surface area contributed by atoms with E-state index in [1.54, 1.807) is 13.8 Å². The van der Waals surface area contributed by atoms with Crippen LogP contribution in [0.2, 0.25) is 0 Å². The molecule has 0 spiro atoms. The van der Waals surface area contributed by atoms with Crippen LogP contribution in [0.15, 0.2) is 24.3 Å². The lowest BCUT2D eigenvalue weighted by Crippen LogP contribution is -2.39. The summed E-state index contributed by atoms with van der Waals surface area (Å²) in [6.07, 6.45) is -0.442. The van der Waals surface area contributed by atoms with Crippen molar-refractivity contribution in [2.45, 2.75) is 38.7 Å². The molecule has 0 bridgehead atoms. The highest BCUT2D eigenvalue weighted by Crippen LogP contribution is 2.27. The van der Waals surface area contributed by atoms with Crippen LogP contribution < -0.4 is 0 Å². The molecule has 0 aliphatic carbocycles. The van der Waals surface area contributed by atoms with Crippen LogP contribution in [-0.4, -0.2) is 22.3 Å². The number of rotatable bonds is 4. The van der Waals surface area contributed by atoms with Gasteiger partial charge in [0.05, 0.1) is 0 Å². The van der Waals surface area contributed by atoms with Gasteiger partial charge in [0.15, 0.2) is 6.10 Å². The highest BCUT2D eigenvalue weighted by Gasteiger charge is 2.34. The highest BCUT2D eigenvalue weighted by atomic mass is 16.4. The van der Waals surface area contributed by atoms with E-state index in [2.05, 4.69) is 6.92 Å². The van der Waals surface area contributed by atoms with Crippen LogP contribution >= 0.6 is 0 Å². The molecule has 0 aliphatic heterocycles. The molecule has 1 rings (SSSR count). The zero-order valence-corrected chi connectivity index (χ0v) is 9.90. The molecule has 0 aromatic heterocycles. The molecule has 3 heteroatoms.